The third kappa shape index (κ3) is 2.78. The van der Waals surface area contributed by atoms with Crippen LogP contribution in [-0.2, 0) is 9.31 Å². The number of benzene rings is 3. The maximum Gasteiger partial charge on any atom is 0.494 e. The standard InChI is InChI=1S/C27H26BNO3S/c1-15(33)17-12-13-19-18-11-10-16(28-31-26(2,3)27(4,5)32-28)14-21(18)25(30)29-22-9-7-6-8-20(22)23(17)24(19)29/h6-15,33H,1-5H3. The average molecular weight is 455 g/mol. The Kier molecular flexibility index (Phi) is 4.30. The first-order valence-corrected chi connectivity index (χ1v) is 11.9. The molecular weight excluding hydrogens is 429 g/mol. The number of para-hydroxylation sites is 1. The highest BCUT2D eigenvalue weighted by Crippen LogP contribution is 2.40. The molecule has 1 unspecified atom stereocenters. The molecule has 2 aromatic heterocycles. The molecule has 6 heteroatoms. The molecule has 0 saturated carbocycles. The van der Waals surface area contributed by atoms with Gasteiger partial charge in [-0.25, -0.2) is 0 Å². The Morgan fingerprint density at radius 3 is 2.24 bits per heavy atom. The van der Waals surface area contributed by atoms with E-state index in [9.17, 15) is 4.79 Å². The molecule has 0 bridgehead atoms. The lowest BCUT2D eigenvalue weighted by molar-refractivity contribution is 0.00578. The van der Waals surface area contributed by atoms with Crippen LogP contribution in [0, 0.1) is 0 Å². The second kappa shape index (κ2) is 6.75. The first kappa shape index (κ1) is 21.0. The molecule has 5 aromatic rings. The summed E-state index contributed by atoms with van der Waals surface area (Å²) in [5.41, 5.74) is 2.99. The number of thiol groups is 1. The van der Waals surface area contributed by atoms with Gasteiger partial charge in [0, 0.05) is 26.8 Å². The topological polar surface area (TPSA) is 39.9 Å². The normalized spacial score (nSPS) is 18.8. The van der Waals surface area contributed by atoms with E-state index in [2.05, 4.69) is 25.1 Å². The zero-order valence-corrected chi connectivity index (χ0v) is 20.4. The zero-order chi connectivity index (χ0) is 23.3. The molecule has 0 radical (unpaired) electrons. The maximum atomic E-state index is 13.9. The predicted octanol–water partition coefficient (Wildman–Crippen LogP) is 5.49. The minimum Gasteiger partial charge on any atom is -0.399 e. The molecular formula is C27H26BNO3S. The molecule has 0 aliphatic carbocycles. The van der Waals surface area contributed by atoms with Crippen molar-refractivity contribution in [3.05, 3.63) is 70.5 Å². The molecule has 1 atom stereocenters. The lowest BCUT2D eigenvalue weighted by atomic mass is 9.78. The highest BCUT2D eigenvalue weighted by atomic mass is 32.1. The third-order valence-corrected chi connectivity index (χ3v) is 7.87. The number of fused-ring (bicyclic) bond motifs is 5. The van der Waals surface area contributed by atoms with Gasteiger partial charge in [-0.15, -0.1) is 0 Å². The molecule has 1 saturated heterocycles. The summed E-state index contributed by atoms with van der Waals surface area (Å²) < 4.78 is 14.4. The fourth-order valence-electron chi connectivity index (χ4n) is 5.12. The van der Waals surface area contributed by atoms with Crippen LogP contribution < -0.4 is 11.0 Å². The highest BCUT2D eigenvalue weighted by molar-refractivity contribution is 7.80. The van der Waals surface area contributed by atoms with E-state index in [0.717, 1.165) is 43.6 Å². The zero-order valence-electron chi connectivity index (χ0n) is 19.5. The molecule has 0 N–H and O–H groups in total. The monoisotopic (exact) mass is 455 g/mol. The summed E-state index contributed by atoms with van der Waals surface area (Å²) in [5.74, 6) is 0. The summed E-state index contributed by atoms with van der Waals surface area (Å²) in [7, 11) is -0.511. The predicted molar refractivity (Wildman–Crippen MR) is 140 cm³/mol. The van der Waals surface area contributed by atoms with Crippen molar-refractivity contribution in [2.45, 2.75) is 51.1 Å². The van der Waals surface area contributed by atoms with E-state index >= 15 is 0 Å². The molecule has 1 fully saturated rings. The van der Waals surface area contributed by atoms with Crippen LogP contribution >= 0.6 is 12.6 Å². The van der Waals surface area contributed by atoms with E-state index in [-0.39, 0.29) is 10.8 Å². The van der Waals surface area contributed by atoms with Crippen LogP contribution in [0.15, 0.2) is 59.4 Å². The summed E-state index contributed by atoms with van der Waals surface area (Å²) in [6.45, 7) is 10.2. The van der Waals surface area contributed by atoms with Crippen molar-refractivity contribution in [1.29, 1.82) is 0 Å². The maximum absolute atomic E-state index is 13.9. The molecule has 1 aliphatic heterocycles. The van der Waals surface area contributed by atoms with E-state index in [0.29, 0.717) is 5.39 Å². The van der Waals surface area contributed by atoms with Gasteiger partial charge in [-0.05, 0) is 63.2 Å². The Bertz CT molecular complexity index is 1620. The Morgan fingerprint density at radius 2 is 1.55 bits per heavy atom. The van der Waals surface area contributed by atoms with Crippen LogP contribution in [0.4, 0.5) is 0 Å². The van der Waals surface area contributed by atoms with Crippen LogP contribution in [-0.4, -0.2) is 22.7 Å². The van der Waals surface area contributed by atoms with Gasteiger partial charge in [0.25, 0.3) is 5.56 Å². The molecule has 6 rings (SSSR count). The Balaban J connectivity index is 1.70. The van der Waals surface area contributed by atoms with E-state index < -0.39 is 18.3 Å². The molecule has 166 valence electrons. The van der Waals surface area contributed by atoms with Crippen LogP contribution in [0.3, 0.4) is 0 Å². The van der Waals surface area contributed by atoms with Gasteiger partial charge in [-0.2, -0.15) is 12.6 Å². The summed E-state index contributed by atoms with van der Waals surface area (Å²) >= 11 is 4.73. The SMILES string of the molecule is CC(S)c1ccc2c3ccc(B4OC(C)(C)C(C)(C)O4)cc3c(=O)n3c4ccccc4c1c23. The van der Waals surface area contributed by atoms with Gasteiger partial charge in [-0.3, -0.25) is 9.20 Å². The van der Waals surface area contributed by atoms with Crippen LogP contribution in [0.2, 0.25) is 0 Å². The summed E-state index contributed by atoms with van der Waals surface area (Å²) in [6.07, 6.45) is 0. The van der Waals surface area contributed by atoms with E-state index in [1.165, 1.54) is 0 Å². The van der Waals surface area contributed by atoms with E-state index in [4.69, 9.17) is 21.9 Å². The Hall–Kier alpha value is -2.54. The summed E-state index contributed by atoms with van der Waals surface area (Å²) in [6, 6.07) is 18.4. The lowest BCUT2D eigenvalue weighted by Crippen LogP contribution is -2.41. The molecule has 1 aliphatic rings. The largest absolute Gasteiger partial charge is 0.494 e. The van der Waals surface area contributed by atoms with Crippen molar-refractivity contribution in [1.82, 2.24) is 4.40 Å². The van der Waals surface area contributed by atoms with Crippen molar-refractivity contribution in [3.63, 3.8) is 0 Å². The minimum atomic E-state index is -0.511. The van der Waals surface area contributed by atoms with Gasteiger partial charge in [0.05, 0.1) is 22.2 Å². The number of hydrogen-bond donors (Lipinski definition) is 1. The van der Waals surface area contributed by atoms with Crippen molar-refractivity contribution in [2.75, 3.05) is 0 Å². The average Bonchev–Trinajstić information content (AvgIpc) is 3.22. The van der Waals surface area contributed by atoms with E-state index in [1.807, 2.05) is 68.5 Å². The highest BCUT2D eigenvalue weighted by Gasteiger charge is 2.51. The first-order chi connectivity index (χ1) is 15.6. The fourth-order valence-corrected chi connectivity index (χ4v) is 5.33. The minimum absolute atomic E-state index is 0.0222. The molecule has 4 nitrogen and oxygen atoms in total. The van der Waals surface area contributed by atoms with Crippen LogP contribution in [0.5, 0.6) is 0 Å². The number of pyridine rings is 1. The smallest absolute Gasteiger partial charge is 0.399 e. The Morgan fingerprint density at radius 1 is 0.879 bits per heavy atom. The second-order valence-electron chi connectivity index (χ2n) is 10.2. The van der Waals surface area contributed by atoms with Crippen molar-refractivity contribution < 1.29 is 9.31 Å². The fraction of sp³-hybridized carbons (Fsp3) is 0.296. The number of nitrogens with zero attached hydrogens (tertiary/aromatic N) is 1. The molecule has 0 spiro atoms. The van der Waals surface area contributed by atoms with Crippen LogP contribution in [0.25, 0.3) is 38.0 Å². The number of rotatable bonds is 2. The first-order valence-electron chi connectivity index (χ1n) is 11.4. The van der Waals surface area contributed by atoms with Gasteiger partial charge in [-0.1, -0.05) is 42.5 Å². The van der Waals surface area contributed by atoms with Crippen molar-refractivity contribution in [2.24, 2.45) is 0 Å². The summed E-state index contributed by atoms with van der Waals surface area (Å²) in [4.78, 5) is 13.9. The molecule has 3 aromatic carbocycles. The number of aromatic nitrogens is 1. The van der Waals surface area contributed by atoms with Gasteiger partial charge in [0.2, 0.25) is 0 Å². The molecule has 3 heterocycles. The molecule has 0 amide bonds. The van der Waals surface area contributed by atoms with Gasteiger partial charge < -0.3 is 9.31 Å². The van der Waals surface area contributed by atoms with Crippen molar-refractivity contribution in [3.8, 4) is 0 Å². The van der Waals surface area contributed by atoms with Gasteiger partial charge >= 0.3 is 7.12 Å². The summed E-state index contributed by atoms with van der Waals surface area (Å²) in [5, 5.41) is 4.93. The van der Waals surface area contributed by atoms with Crippen LogP contribution in [0.1, 0.15) is 45.4 Å². The lowest BCUT2D eigenvalue weighted by Gasteiger charge is -2.32. The van der Waals surface area contributed by atoms with Crippen molar-refractivity contribution >= 4 is 63.2 Å². The quantitative estimate of drug-likeness (QED) is 0.218. The molecule has 33 heavy (non-hydrogen) atoms. The number of hydrogen-bond acceptors (Lipinski definition) is 4. The second-order valence-corrected chi connectivity index (χ2v) is 10.9. The third-order valence-electron chi connectivity index (χ3n) is 7.59. The van der Waals surface area contributed by atoms with Gasteiger partial charge in [0.15, 0.2) is 0 Å². The Labute approximate surface area is 198 Å². The van der Waals surface area contributed by atoms with Gasteiger partial charge in [0.1, 0.15) is 0 Å². The van der Waals surface area contributed by atoms with E-state index in [1.54, 1.807) is 0 Å².